The van der Waals surface area contributed by atoms with E-state index in [0.717, 1.165) is 62.7 Å². The third-order valence-corrected chi connectivity index (χ3v) is 6.71. The maximum Gasteiger partial charge on any atom is 0.345 e. The number of hydrogen-bond donors (Lipinski definition) is 0. The van der Waals surface area contributed by atoms with Crippen molar-refractivity contribution in [2.45, 2.75) is 91.6 Å². The summed E-state index contributed by atoms with van der Waals surface area (Å²) in [6, 6.07) is 9.07. The van der Waals surface area contributed by atoms with Crippen LogP contribution in [0.5, 0.6) is 11.5 Å². The molecule has 0 saturated heterocycles. The fourth-order valence-corrected chi connectivity index (χ4v) is 4.42. The first-order valence-corrected chi connectivity index (χ1v) is 13.1. The van der Waals surface area contributed by atoms with Crippen LogP contribution in [-0.4, -0.2) is 16.6 Å². The van der Waals surface area contributed by atoms with Crippen molar-refractivity contribution in [3.05, 3.63) is 88.8 Å². The molecular weight excluding hydrogens is 446 g/mol. The topological polar surface area (TPSA) is 48.4 Å². The first-order chi connectivity index (χ1) is 17.2. The van der Waals surface area contributed by atoms with E-state index in [9.17, 15) is 4.79 Å². The van der Waals surface area contributed by atoms with Crippen LogP contribution >= 0.6 is 0 Å². The maximum absolute atomic E-state index is 12.3. The molecule has 0 N–H and O–H groups in total. The van der Waals surface area contributed by atoms with Gasteiger partial charge >= 0.3 is 5.97 Å². The highest BCUT2D eigenvalue weighted by atomic mass is 16.5. The average Bonchev–Trinajstić information content (AvgIpc) is 2.84. The molecule has 0 amide bonds. The van der Waals surface area contributed by atoms with Crippen LogP contribution in [0.15, 0.2) is 77.7 Å². The molecule has 1 aromatic heterocycles. The summed E-state index contributed by atoms with van der Waals surface area (Å²) < 4.78 is 12.0. The van der Waals surface area contributed by atoms with E-state index >= 15 is 0 Å². The minimum atomic E-state index is -0.402. The third kappa shape index (κ3) is 8.82. The van der Waals surface area contributed by atoms with Crippen LogP contribution < -0.4 is 9.47 Å². The number of pyridine rings is 1. The largest absolute Gasteiger partial charge is 0.487 e. The van der Waals surface area contributed by atoms with Crippen molar-refractivity contribution in [2.75, 3.05) is 0 Å². The van der Waals surface area contributed by atoms with Gasteiger partial charge in [0.1, 0.15) is 17.1 Å². The molecule has 1 aliphatic heterocycles. The lowest BCUT2D eigenvalue weighted by atomic mass is 9.88. The van der Waals surface area contributed by atoms with Gasteiger partial charge in [-0.3, -0.25) is 4.98 Å². The highest BCUT2D eigenvalue weighted by Crippen LogP contribution is 2.37. The molecule has 1 atom stereocenters. The molecule has 2 heterocycles. The summed E-state index contributed by atoms with van der Waals surface area (Å²) in [5.74, 6) is 1.02. The lowest BCUT2D eigenvalue weighted by molar-refractivity contribution is 0.0566. The van der Waals surface area contributed by atoms with E-state index in [1.807, 2.05) is 12.1 Å². The van der Waals surface area contributed by atoms with Crippen LogP contribution in [0.1, 0.15) is 95.5 Å². The maximum atomic E-state index is 12.3. The van der Waals surface area contributed by atoms with Crippen molar-refractivity contribution in [2.24, 2.45) is 0 Å². The Kier molecular flexibility index (Phi) is 10.1. The summed E-state index contributed by atoms with van der Waals surface area (Å²) in [6.07, 6.45) is 18.6. The highest BCUT2D eigenvalue weighted by molar-refractivity contribution is 5.90. The lowest BCUT2D eigenvalue weighted by Crippen LogP contribution is -2.36. The molecule has 0 fully saturated rings. The monoisotopic (exact) mass is 487 g/mol. The number of aryl methyl sites for hydroxylation is 1. The number of aromatic nitrogens is 1. The van der Waals surface area contributed by atoms with Gasteiger partial charge in [-0.1, -0.05) is 34.9 Å². The molecule has 0 aliphatic carbocycles. The van der Waals surface area contributed by atoms with E-state index in [4.69, 9.17) is 9.47 Å². The number of hydrogen-bond acceptors (Lipinski definition) is 4. The van der Waals surface area contributed by atoms with Crippen molar-refractivity contribution in [3.63, 3.8) is 0 Å². The molecule has 4 nitrogen and oxygen atoms in total. The number of carbonyl (C=O) groups is 1. The zero-order valence-electron chi connectivity index (χ0n) is 22.6. The Balaban J connectivity index is 1.46. The molecule has 1 unspecified atom stereocenters. The number of ether oxygens (including phenoxy) is 2. The Morgan fingerprint density at radius 1 is 1.03 bits per heavy atom. The minimum Gasteiger partial charge on any atom is -0.487 e. The van der Waals surface area contributed by atoms with Gasteiger partial charge in [0.05, 0.1) is 5.56 Å². The molecule has 0 spiro atoms. The van der Waals surface area contributed by atoms with Crippen LogP contribution in [0.4, 0.5) is 0 Å². The van der Waals surface area contributed by atoms with Gasteiger partial charge < -0.3 is 9.47 Å². The number of fused-ring (bicyclic) bond motifs is 1. The van der Waals surface area contributed by atoms with Gasteiger partial charge in [-0.2, -0.15) is 0 Å². The van der Waals surface area contributed by atoms with E-state index in [-0.39, 0.29) is 5.60 Å². The van der Waals surface area contributed by atoms with Crippen molar-refractivity contribution in [1.29, 1.82) is 0 Å². The van der Waals surface area contributed by atoms with Crippen molar-refractivity contribution in [3.8, 4) is 11.5 Å². The summed E-state index contributed by atoms with van der Waals surface area (Å²) in [6.45, 7) is 11.0. The average molecular weight is 488 g/mol. The molecule has 0 radical (unpaired) electrons. The fraction of sp³-hybridized carbons (Fsp3) is 0.438. The second-order valence-corrected chi connectivity index (χ2v) is 10.5. The van der Waals surface area contributed by atoms with Crippen LogP contribution in [0.2, 0.25) is 0 Å². The normalized spacial score (nSPS) is 17.7. The number of rotatable bonds is 11. The molecule has 1 aliphatic rings. The number of esters is 1. The summed E-state index contributed by atoms with van der Waals surface area (Å²) in [7, 11) is 0. The molecule has 0 bridgehead atoms. The molecule has 2 aromatic rings. The number of benzene rings is 1. The predicted octanol–water partition coefficient (Wildman–Crippen LogP) is 8.58. The van der Waals surface area contributed by atoms with E-state index in [1.165, 1.54) is 22.9 Å². The van der Waals surface area contributed by atoms with Crippen molar-refractivity contribution >= 4 is 5.97 Å². The molecule has 3 rings (SSSR count). The number of carbonyl (C=O) groups excluding carboxylic acids is 1. The van der Waals surface area contributed by atoms with E-state index in [1.54, 1.807) is 24.4 Å². The standard InChI is InChI=1S/C32H41NO3/c1-24(2)10-6-11-25(3)12-7-13-26(4)14-8-19-32(5)20-18-27-22-29(16-17-30(27)36-32)35-31(34)28-15-9-21-33-23-28/h9-10,12,14-17,21-23H,6-8,11,13,18-20H2,1-5H3/b25-12+,26-14+. The van der Waals surface area contributed by atoms with Gasteiger partial charge in [-0.05, 0) is 122 Å². The Morgan fingerprint density at radius 2 is 1.75 bits per heavy atom. The van der Waals surface area contributed by atoms with Gasteiger partial charge in [0.2, 0.25) is 0 Å². The third-order valence-electron chi connectivity index (χ3n) is 6.71. The SMILES string of the molecule is CC(C)=CCC/C(C)=C/CC/C(C)=C/CCC1(C)CCc2cc(OC(=O)c3cccnc3)ccc2O1. The van der Waals surface area contributed by atoms with E-state index in [0.29, 0.717) is 11.3 Å². The summed E-state index contributed by atoms with van der Waals surface area (Å²) in [4.78, 5) is 16.3. The van der Waals surface area contributed by atoms with Crippen LogP contribution in [0, 0.1) is 0 Å². The first kappa shape index (κ1) is 27.4. The summed E-state index contributed by atoms with van der Waals surface area (Å²) in [5, 5.41) is 0. The molecule has 36 heavy (non-hydrogen) atoms. The van der Waals surface area contributed by atoms with Gasteiger partial charge in [0.15, 0.2) is 0 Å². The van der Waals surface area contributed by atoms with Crippen LogP contribution in [0.25, 0.3) is 0 Å². The smallest absolute Gasteiger partial charge is 0.345 e. The zero-order chi connectivity index (χ0) is 26.0. The summed E-state index contributed by atoms with van der Waals surface area (Å²) in [5.41, 5.74) is 5.67. The van der Waals surface area contributed by atoms with Gasteiger partial charge in [-0.25, -0.2) is 4.79 Å². The van der Waals surface area contributed by atoms with Crippen molar-refractivity contribution in [1.82, 2.24) is 4.98 Å². The Hall–Kier alpha value is -3.14. The Morgan fingerprint density at radius 3 is 2.44 bits per heavy atom. The van der Waals surface area contributed by atoms with Gasteiger partial charge in [-0.15, -0.1) is 0 Å². The van der Waals surface area contributed by atoms with E-state index in [2.05, 4.69) is 57.8 Å². The highest BCUT2D eigenvalue weighted by Gasteiger charge is 2.31. The molecular formula is C32H41NO3. The molecule has 1 aromatic carbocycles. The van der Waals surface area contributed by atoms with Crippen LogP contribution in [-0.2, 0) is 6.42 Å². The molecule has 192 valence electrons. The van der Waals surface area contributed by atoms with Crippen LogP contribution in [0.3, 0.4) is 0 Å². The number of nitrogens with zero attached hydrogens (tertiary/aromatic N) is 1. The zero-order valence-corrected chi connectivity index (χ0v) is 22.6. The molecule has 4 heteroatoms. The van der Waals surface area contributed by atoms with Crippen molar-refractivity contribution < 1.29 is 14.3 Å². The number of allylic oxidation sites excluding steroid dienone is 6. The second-order valence-electron chi connectivity index (χ2n) is 10.5. The Bertz CT molecular complexity index is 1110. The van der Waals surface area contributed by atoms with Gasteiger partial charge in [0, 0.05) is 12.4 Å². The molecule has 0 saturated carbocycles. The Labute approximate surface area is 217 Å². The predicted molar refractivity (Wildman–Crippen MR) is 148 cm³/mol. The summed E-state index contributed by atoms with van der Waals surface area (Å²) >= 11 is 0. The first-order valence-electron chi connectivity index (χ1n) is 13.1. The quantitative estimate of drug-likeness (QED) is 0.181. The second kappa shape index (κ2) is 13.2. The fourth-order valence-electron chi connectivity index (χ4n) is 4.42. The lowest BCUT2D eigenvalue weighted by Gasteiger charge is -2.36. The van der Waals surface area contributed by atoms with Gasteiger partial charge in [0.25, 0.3) is 0 Å². The minimum absolute atomic E-state index is 0.181. The van der Waals surface area contributed by atoms with E-state index < -0.39 is 5.97 Å².